The van der Waals surface area contributed by atoms with Gasteiger partial charge in [-0.15, -0.1) is 0 Å². The Labute approximate surface area is 62.8 Å². The zero-order valence-electron chi connectivity index (χ0n) is 7.11. The Kier molecular flexibility index (Phi) is 3.58. The molecule has 0 aromatic rings. The standard InChI is InChI=1S/C8H17NO/c1-4-7(10)5-6-8(2,3)9/h4-6,9H2,1-3H3. The normalized spacial score (nSPS) is 11.6. The number of hydrogen-bond acceptors (Lipinski definition) is 2. The molecule has 0 spiro atoms. The predicted molar refractivity (Wildman–Crippen MR) is 42.8 cm³/mol. The monoisotopic (exact) mass is 143 g/mol. The van der Waals surface area contributed by atoms with Crippen molar-refractivity contribution in [3.8, 4) is 0 Å². The first-order chi connectivity index (χ1) is 4.45. The van der Waals surface area contributed by atoms with E-state index >= 15 is 0 Å². The maximum Gasteiger partial charge on any atom is 0.132 e. The third-order valence-corrected chi connectivity index (χ3v) is 1.44. The molecule has 0 aliphatic rings. The summed E-state index contributed by atoms with van der Waals surface area (Å²) in [5, 5.41) is 0. The van der Waals surface area contributed by atoms with Crippen molar-refractivity contribution in [1.82, 2.24) is 0 Å². The van der Waals surface area contributed by atoms with Crippen LogP contribution in [0.3, 0.4) is 0 Å². The summed E-state index contributed by atoms with van der Waals surface area (Å²) in [7, 11) is 0. The Morgan fingerprint density at radius 3 is 2.30 bits per heavy atom. The average Bonchev–Trinajstić information content (AvgIpc) is 1.81. The van der Waals surface area contributed by atoms with Crippen molar-refractivity contribution in [3.05, 3.63) is 0 Å². The van der Waals surface area contributed by atoms with Crippen LogP contribution in [0.15, 0.2) is 0 Å². The Hall–Kier alpha value is -0.370. The number of carbonyl (C=O) groups excluding carboxylic acids is 1. The second-order valence-corrected chi connectivity index (χ2v) is 3.38. The third kappa shape index (κ3) is 5.76. The molecule has 0 amide bonds. The molecule has 0 aromatic carbocycles. The van der Waals surface area contributed by atoms with E-state index in [0.717, 1.165) is 6.42 Å². The van der Waals surface area contributed by atoms with Gasteiger partial charge in [0.15, 0.2) is 0 Å². The van der Waals surface area contributed by atoms with E-state index in [9.17, 15) is 4.79 Å². The highest BCUT2D eigenvalue weighted by Gasteiger charge is 2.11. The molecular formula is C8H17NO. The molecule has 10 heavy (non-hydrogen) atoms. The zero-order valence-corrected chi connectivity index (χ0v) is 7.11. The second kappa shape index (κ2) is 3.71. The molecule has 0 aromatic heterocycles. The van der Waals surface area contributed by atoms with Crippen molar-refractivity contribution in [2.45, 2.75) is 45.6 Å². The average molecular weight is 143 g/mol. The van der Waals surface area contributed by atoms with E-state index in [-0.39, 0.29) is 5.54 Å². The summed E-state index contributed by atoms with van der Waals surface area (Å²) in [6, 6.07) is 0. The molecule has 0 fully saturated rings. The summed E-state index contributed by atoms with van der Waals surface area (Å²) in [5.41, 5.74) is 5.50. The van der Waals surface area contributed by atoms with Crippen LogP contribution in [-0.2, 0) is 4.79 Å². The van der Waals surface area contributed by atoms with Crippen LogP contribution in [0.25, 0.3) is 0 Å². The predicted octanol–water partition coefficient (Wildman–Crippen LogP) is 1.48. The molecule has 0 heterocycles. The highest BCUT2D eigenvalue weighted by molar-refractivity contribution is 5.78. The van der Waals surface area contributed by atoms with Gasteiger partial charge in [0, 0.05) is 18.4 Å². The largest absolute Gasteiger partial charge is 0.326 e. The maximum atomic E-state index is 10.8. The Balaban J connectivity index is 3.46. The summed E-state index contributed by atoms with van der Waals surface area (Å²) < 4.78 is 0. The molecule has 0 radical (unpaired) electrons. The van der Waals surface area contributed by atoms with Gasteiger partial charge in [-0.1, -0.05) is 6.92 Å². The van der Waals surface area contributed by atoms with E-state index < -0.39 is 0 Å². The first kappa shape index (κ1) is 9.63. The SMILES string of the molecule is CCC(=O)CCC(C)(C)N. The van der Waals surface area contributed by atoms with Gasteiger partial charge in [0.05, 0.1) is 0 Å². The van der Waals surface area contributed by atoms with Crippen molar-refractivity contribution in [1.29, 1.82) is 0 Å². The van der Waals surface area contributed by atoms with Crippen molar-refractivity contribution in [2.24, 2.45) is 5.73 Å². The van der Waals surface area contributed by atoms with Crippen LogP contribution < -0.4 is 5.73 Å². The topological polar surface area (TPSA) is 43.1 Å². The molecule has 2 nitrogen and oxygen atoms in total. The van der Waals surface area contributed by atoms with E-state index in [1.165, 1.54) is 0 Å². The highest BCUT2D eigenvalue weighted by atomic mass is 16.1. The van der Waals surface area contributed by atoms with E-state index in [0.29, 0.717) is 18.6 Å². The summed E-state index contributed by atoms with van der Waals surface area (Å²) in [6.07, 6.45) is 2.05. The van der Waals surface area contributed by atoms with Crippen molar-refractivity contribution in [3.63, 3.8) is 0 Å². The molecule has 0 unspecified atom stereocenters. The van der Waals surface area contributed by atoms with Crippen LogP contribution in [0.5, 0.6) is 0 Å². The van der Waals surface area contributed by atoms with Crippen molar-refractivity contribution < 1.29 is 4.79 Å². The molecule has 0 aliphatic carbocycles. The third-order valence-electron chi connectivity index (χ3n) is 1.44. The molecule has 0 atom stereocenters. The number of nitrogens with two attached hydrogens (primary N) is 1. The number of carbonyl (C=O) groups is 1. The Morgan fingerprint density at radius 1 is 1.50 bits per heavy atom. The van der Waals surface area contributed by atoms with E-state index in [4.69, 9.17) is 5.73 Å². The Morgan fingerprint density at radius 2 is 2.00 bits per heavy atom. The van der Waals surface area contributed by atoms with Gasteiger partial charge in [0.25, 0.3) is 0 Å². The van der Waals surface area contributed by atoms with Gasteiger partial charge in [-0.2, -0.15) is 0 Å². The molecule has 0 aliphatic heterocycles. The summed E-state index contributed by atoms with van der Waals surface area (Å²) >= 11 is 0. The lowest BCUT2D eigenvalue weighted by Gasteiger charge is -2.16. The molecule has 60 valence electrons. The quantitative estimate of drug-likeness (QED) is 0.647. The number of ketones is 1. The minimum Gasteiger partial charge on any atom is -0.326 e. The van der Waals surface area contributed by atoms with Gasteiger partial charge < -0.3 is 5.73 Å². The minimum atomic E-state index is -0.190. The lowest BCUT2D eigenvalue weighted by Crippen LogP contribution is -2.32. The fraction of sp³-hybridized carbons (Fsp3) is 0.875. The van der Waals surface area contributed by atoms with Crippen LogP contribution in [0.4, 0.5) is 0 Å². The lowest BCUT2D eigenvalue weighted by molar-refractivity contribution is -0.119. The minimum absolute atomic E-state index is 0.190. The Bertz CT molecular complexity index is 113. The molecule has 0 rings (SSSR count). The van der Waals surface area contributed by atoms with Crippen LogP contribution in [0, 0.1) is 0 Å². The van der Waals surface area contributed by atoms with Gasteiger partial charge in [-0.25, -0.2) is 0 Å². The lowest BCUT2D eigenvalue weighted by atomic mass is 9.98. The molecule has 2 heteroatoms. The first-order valence-corrected chi connectivity index (χ1v) is 3.76. The van der Waals surface area contributed by atoms with E-state index in [2.05, 4.69) is 0 Å². The maximum absolute atomic E-state index is 10.8. The fourth-order valence-corrected chi connectivity index (χ4v) is 0.638. The molecule has 2 N–H and O–H groups in total. The smallest absolute Gasteiger partial charge is 0.132 e. The van der Waals surface area contributed by atoms with Crippen LogP contribution in [0.2, 0.25) is 0 Å². The summed E-state index contributed by atoms with van der Waals surface area (Å²) in [4.78, 5) is 10.8. The number of Topliss-reactive ketones (excluding diaryl/α,β-unsaturated/α-hetero) is 1. The second-order valence-electron chi connectivity index (χ2n) is 3.38. The highest BCUT2D eigenvalue weighted by Crippen LogP contribution is 2.07. The number of hydrogen-bond donors (Lipinski definition) is 1. The van der Waals surface area contributed by atoms with Gasteiger partial charge in [0.2, 0.25) is 0 Å². The number of rotatable bonds is 4. The van der Waals surface area contributed by atoms with Crippen LogP contribution in [0.1, 0.15) is 40.0 Å². The van der Waals surface area contributed by atoms with E-state index in [1.807, 2.05) is 20.8 Å². The molecule has 0 saturated heterocycles. The van der Waals surface area contributed by atoms with Crippen molar-refractivity contribution >= 4 is 5.78 Å². The fourth-order valence-electron chi connectivity index (χ4n) is 0.638. The molecule has 0 bridgehead atoms. The van der Waals surface area contributed by atoms with E-state index in [1.54, 1.807) is 0 Å². The first-order valence-electron chi connectivity index (χ1n) is 3.76. The van der Waals surface area contributed by atoms with Gasteiger partial charge in [-0.3, -0.25) is 4.79 Å². The van der Waals surface area contributed by atoms with Crippen molar-refractivity contribution in [2.75, 3.05) is 0 Å². The van der Waals surface area contributed by atoms with Crippen LogP contribution >= 0.6 is 0 Å². The van der Waals surface area contributed by atoms with Gasteiger partial charge in [-0.05, 0) is 20.3 Å². The molecular weight excluding hydrogens is 126 g/mol. The van der Waals surface area contributed by atoms with Crippen LogP contribution in [-0.4, -0.2) is 11.3 Å². The molecule has 0 saturated carbocycles. The van der Waals surface area contributed by atoms with Gasteiger partial charge in [0.1, 0.15) is 5.78 Å². The summed E-state index contributed by atoms with van der Waals surface area (Å²) in [5.74, 6) is 0.304. The zero-order chi connectivity index (χ0) is 8.20. The van der Waals surface area contributed by atoms with Gasteiger partial charge >= 0.3 is 0 Å². The summed E-state index contributed by atoms with van der Waals surface area (Å²) in [6.45, 7) is 5.76.